The third kappa shape index (κ3) is 2.38. The lowest BCUT2D eigenvalue weighted by atomic mass is 10.2. The monoisotopic (exact) mass is 265 g/mol. The van der Waals surface area contributed by atoms with E-state index in [1.165, 1.54) is 0 Å². The molecule has 0 radical (unpaired) electrons. The molecule has 2 rings (SSSR count). The second-order valence-corrected chi connectivity index (χ2v) is 4.21. The maximum absolute atomic E-state index is 11.4. The molecule has 0 atom stereocenters. The molecule has 0 bridgehead atoms. The van der Waals surface area contributed by atoms with Crippen molar-refractivity contribution in [3.63, 3.8) is 0 Å². The van der Waals surface area contributed by atoms with E-state index >= 15 is 0 Å². The zero-order valence-corrected chi connectivity index (χ0v) is 10.6. The molecule has 0 spiro atoms. The Morgan fingerprint density at radius 3 is 2.44 bits per heavy atom. The fourth-order valence-corrected chi connectivity index (χ4v) is 1.73. The van der Waals surface area contributed by atoms with Crippen LogP contribution in [-0.4, -0.2) is 6.61 Å². The molecule has 0 aromatic heterocycles. The van der Waals surface area contributed by atoms with E-state index in [-0.39, 0.29) is 11.4 Å². The first-order valence-corrected chi connectivity index (χ1v) is 5.95. The minimum Gasteiger partial charge on any atom is -0.488 e. The fraction of sp³-hybridized carbons (Fsp3) is 0.231. The Hall–Kier alpha value is -1.81. The standard InChI is InChI=1S/C13H12ClNO3/c1-2-18-13-10(11(16)12(13)17)15-7-8-3-5-9(14)6-4-8/h3-6,15H,2,7H2,1H3. The van der Waals surface area contributed by atoms with Crippen molar-refractivity contribution in [1.29, 1.82) is 0 Å². The molecule has 0 aliphatic heterocycles. The lowest BCUT2D eigenvalue weighted by Gasteiger charge is -2.13. The van der Waals surface area contributed by atoms with Crippen molar-refractivity contribution >= 4 is 17.3 Å². The number of ether oxygens (including phenoxy) is 1. The number of rotatable bonds is 5. The fourth-order valence-electron chi connectivity index (χ4n) is 1.61. The summed E-state index contributed by atoms with van der Waals surface area (Å²) in [7, 11) is 0. The van der Waals surface area contributed by atoms with Crippen LogP contribution >= 0.6 is 11.6 Å². The Balaban J connectivity index is 2.07. The van der Waals surface area contributed by atoms with Crippen LogP contribution in [0.2, 0.25) is 5.02 Å². The SMILES string of the molecule is CCOc1c(NCc2ccc(Cl)cc2)c(=O)c1=O. The average molecular weight is 266 g/mol. The topological polar surface area (TPSA) is 55.4 Å². The molecule has 18 heavy (non-hydrogen) atoms. The molecular weight excluding hydrogens is 254 g/mol. The second kappa shape index (κ2) is 5.23. The van der Waals surface area contributed by atoms with Crippen molar-refractivity contribution in [1.82, 2.24) is 0 Å². The number of benzene rings is 1. The molecule has 4 nitrogen and oxygen atoms in total. The Morgan fingerprint density at radius 2 is 1.83 bits per heavy atom. The van der Waals surface area contributed by atoms with Crippen LogP contribution in [0, 0.1) is 0 Å². The summed E-state index contributed by atoms with van der Waals surface area (Å²) >= 11 is 5.77. The number of hydrogen-bond acceptors (Lipinski definition) is 4. The highest BCUT2D eigenvalue weighted by Gasteiger charge is 2.21. The zero-order chi connectivity index (χ0) is 13.1. The molecule has 1 N–H and O–H groups in total. The summed E-state index contributed by atoms with van der Waals surface area (Å²) < 4.78 is 5.11. The van der Waals surface area contributed by atoms with Gasteiger partial charge in [-0.25, -0.2) is 0 Å². The summed E-state index contributed by atoms with van der Waals surface area (Å²) in [6.07, 6.45) is 0. The lowest BCUT2D eigenvalue weighted by Crippen LogP contribution is -2.35. The van der Waals surface area contributed by atoms with Crippen molar-refractivity contribution in [3.05, 3.63) is 55.3 Å². The van der Waals surface area contributed by atoms with Gasteiger partial charge in [-0.05, 0) is 24.6 Å². The Kier molecular flexibility index (Phi) is 3.67. The van der Waals surface area contributed by atoms with Gasteiger partial charge in [0.25, 0.3) is 10.9 Å². The van der Waals surface area contributed by atoms with Crippen molar-refractivity contribution in [3.8, 4) is 5.75 Å². The van der Waals surface area contributed by atoms with Gasteiger partial charge in [-0.3, -0.25) is 9.59 Å². The smallest absolute Gasteiger partial charge is 0.272 e. The van der Waals surface area contributed by atoms with Crippen molar-refractivity contribution in [2.24, 2.45) is 0 Å². The third-order valence-corrected chi connectivity index (χ3v) is 2.79. The van der Waals surface area contributed by atoms with Gasteiger partial charge in [0, 0.05) is 11.6 Å². The van der Waals surface area contributed by atoms with Gasteiger partial charge in [0.15, 0.2) is 5.75 Å². The first kappa shape index (κ1) is 12.6. The molecular formula is C13H12ClNO3. The van der Waals surface area contributed by atoms with Crippen LogP contribution in [0.4, 0.5) is 5.69 Å². The van der Waals surface area contributed by atoms with Crippen molar-refractivity contribution in [2.45, 2.75) is 13.5 Å². The second-order valence-electron chi connectivity index (χ2n) is 3.78. The van der Waals surface area contributed by atoms with Gasteiger partial charge in [0.05, 0.1) is 6.61 Å². The summed E-state index contributed by atoms with van der Waals surface area (Å²) in [5.41, 5.74) is 0.148. The minimum atomic E-state index is -0.560. The van der Waals surface area contributed by atoms with Gasteiger partial charge in [-0.2, -0.15) is 0 Å². The minimum absolute atomic E-state index is 0.136. The van der Waals surface area contributed by atoms with Gasteiger partial charge in [0.1, 0.15) is 5.69 Å². The highest BCUT2D eigenvalue weighted by molar-refractivity contribution is 6.30. The molecule has 0 aliphatic rings. The van der Waals surface area contributed by atoms with Crippen LogP contribution in [-0.2, 0) is 6.54 Å². The van der Waals surface area contributed by atoms with E-state index in [1.54, 1.807) is 19.1 Å². The van der Waals surface area contributed by atoms with E-state index in [2.05, 4.69) is 5.32 Å². The molecule has 94 valence electrons. The predicted octanol–water partition coefficient (Wildman–Crippen LogP) is 1.95. The molecule has 0 aliphatic carbocycles. The van der Waals surface area contributed by atoms with Gasteiger partial charge < -0.3 is 10.1 Å². The molecule has 0 amide bonds. The highest BCUT2D eigenvalue weighted by atomic mass is 35.5. The largest absolute Gasteiger partial charge is 0.488 e. The van der Waals surface area contributed by atoms with Crippen molar-refractivity contribution < 1.29 is 4.74 Å². The van der Waals surface area contributed by atoms with E-state index in [1.807, 2.05) is 12.1 Å². The van der Waals surface area contributed by atoms with Crippen molar-refractivity contribution in [2.75, 3.05) is 11.9 Å². The maximum Gasteiger partial charge on any atom is 0.272 e. The predicted molar refractivity (Wildman–Crippen MR) is 71.3 cm³/mol. The Morgan fingerprint density at radius 1 is 1.17 bits per heavy atom. The molecule has 0 heterocycles. The Labute approximate surface area is 109 Å². The quantitative estimate of drug-likeness (QED) is 0.840. The number of halogens is 1. The summed E-state index contributed by atoms with van der Waals surface area (Å²) in [5.74, 6) is 0.136. The lowest BCUT2D eigenvalue weighted by molar-refractivity contribution is 0.334. The van der Waals surface area contributed by atoms with E-state index in [0.29, 0.717) is 18.2 Å². The molecule has 0 unspecified atom stereocenters. The molecule has 2 aromatic rings. The molecule has 2 aromatic carbocycles. The molecule has 0 fully saturated rings. The van der Waals surface area contributed by atoms with Gasteiger partial charge in [0.2, 0.25) is 0 Å². The van der Waals surface area contributed by atoms with Crippen LogP contribution in [0.15, 0.2) is 33.9 Å². The van der Waals surface area contributed by atoms with E-state index in [0.717, 1.165) is 5.56 Å². The number of nitrogens with one attached hydrogen (secondary N) is 1. The van der Waals surface area contributed by atoms with Gasteiger partial charge in [-0.1, -0.05) is 23.7 Å². The molecule has 0 saturated carbocycles. The number of anilines is 1. The third-order valence-electron chi connectivity index (χ3n) is 2.54. The Bertz CT molecular complexity index is 612. The maximum atomic E-state index is 11.4. The molecule has 5 heteroatoms. The summed E-state index contributed by atoms with van der Waals surface area (Å²) in [6.45, 7) is 2.57. The van der Waals surface area contributed by atoms with Gasteiger partial charge >= 0.3 is 0 Å². The summed E-state index contributed by atoms with van der Waals surface area (Å²) in [5, 5.41) is 3.57. The van der Waals surface area contributed by atoms with E-state index < -0.39 is 10.9 Å². The number of hydrogen-bond donors (Lipinski definition) is 1. The summed E-state index contributed by atoms with van der Waals surface area (Å²) in [4.78, 5) is 22.6. The van der Waals surface area contributed by atoms with Gasteiger partial charge in [-0.15, -0.1) is 0 Å². The van der Waals surface area contributed by atoms with Crippen LogP contribution in [0.25, 0.3) is 0 Å². The van der Waals surface area contributed by atoms with Crippen LogP contribution < -0.4 is 20.9 Å². The van der Waals surface area contributed by atoms with Crippen LogP contribution in [0.3, 0.4) is 0 Å². The van der Waals surface area contributed by atoms with E-state index in [4.69, 9.17) is 16.3 Å². The van der Waals surface area contributed by atoms with Crippen LogP contribution in [0.1, 0.15) is 12.5 Å². The first-order chi connectivity index (χ1) is 8.63. The van der Waals surface area contributed by atoms with E-state index in [9.17, 15) is 9.59 Å². The van der Waals surface area contributed by atoms with Crippen LogP contribution in [0.5, 0.6) is 5.75 Å². The zero-order valence-electron chi connectivity index (χ0n) is 9.83. The highest BCUT2D eigenvalue weighted by Crippen LogP contribution is 2.18. The average Bonchev–Trinajstić information content (AvgIpc) is 2.39. The molecule has 0 saturated heterocycles. The first-order valence-electron chi connectivity index (χ1n) is 5.58. The normalized spacial score (nSPS) is 10.6. The summed E-state index contributed by atoms with van der Waals surface area (Å²) in [6, 6.07) is 7.23.